The Hall–Kier alpha value is -0.790. The number of rotatable bonds is 9. The molecule has 100 valence electrons. The number of hydrogen-bond acceptors (Lipinski definition) is 5. The first-order valence-corrected chi connectivity index (χ1v) is 6.67. The summed E-state index contributed by atoms with van der Waals surface area (Å²) in [6, 6.07) is -0.551. The molecule has 0 aliphatic carbocycles. The maximum absolute atomic E-state index is 11.5. The van der Waals surface area contributed by atoms with E-state index in [0.717, 1.165) is 5.75 Å². The third-order valence-corrected chi connectivity index (χ3v) is 2.85. The molecule has 0 aromatic rings. The molecule has 7 heteroatoms. The minimum absolute atomic E-state index is 0.142. The lowest BCUT2D eigenvalue weighted by molar-refractivity contribution is -0.140. The maximum atomic E-state index is 11.5. The molecule has 4 N–H and O–H groups in total. The second-order valence-corrected chi connectivity index (χ2v) is 4.57. The molecule has 0 aliphatic heterocycles. The number of nitrogens with two attached hydrogens (primary N) is 1. The van der Waals surface area contributed by atoms with Gasteiger partial charge >= 0.3 is 5.97 Å². The standard InChI is InChI=1S/C10H20N2O4S/c1-16-7(5-9(13)14)6-12-10(15)8(11)3-4-17-2/h7-8H,3-6,11H2,1-2H3,(H,12,15)(H,13,14)/t7?,8-/m1/s1. The number of aliphatic carboxylic acids is 1. The van der Waals surface area contributed by atoms with Crippen molar-refractivity contribution in [1.29, 1.82) is 0 Å². The van der Waals surface area contributed by atoms with Crippen LogP contribution in [0, 0.1) is 0 Å². The summed E-state index contributed by atoms with van der Waals surface area (Å²) in [5, 5.41) is 11.2. The molecule has 0 saturated carbocycles. The van der Waals surface area contributed by atoms with Crippen molar-refractivity contribution in [3.63, 3.8) is 0 Å². The van der Waals surface area contributed by atoms with Gasteiger partial charge in [0.2, 0.25) is 5.91 Å². The molecule has 2 atom stereocenters. The number of thioether (sulfide) groups is 1. The molecule has 0 aromatic heterocycles. The summed E-state index contributed by atoms with van der Waals surface area (Å²) in [6.07, 6.45) is 1.88. The summed E-state index contributed by atoms with van der Waals surface area (Å²) >= 11 is 1.62. The molecule has 0 saturated heterocycles. The molecule has 1 unspecified atom stereocenters. The lowest BCUT2D eigenvalue weighted by Crippen LogP contribution is -2.44. The molecule has 0 radical (unpaired) electrons. The van der Waals surface area contributed by atoms with E-state index >= 15 is 0 Å². The molecule has 0 fully saturated rings. The zero-order valence-electron chi connectivity index (χ0n) is 10.1. The van der Waals surface area contributed by atoms with Gasteiger partial charge in [0.1, 0.15) is 0 Å². The minimum Gasteiger partial charge on any atom is -0.481 e. The van der Waals surface area contributed by atoms with E-state index in [1.807, 2.05) is 6.26 Å². The normalized spacial score (nSPS) is 14.1. The minimum atomic E-state index is -0.960. The molecule has 17 heavy (non-hydrogen) atoms. The molecule has 0 aliphatic rings. The van der Waals surface area contributed by atoms with Crippen LogP contribution in [0.2, 0.25) is 0 Å². The monoisotopic (exact) mass is 264 g/mol. The average molecular weight is 264 g/mol. The van der Waals surface area contributed by atoms with Gasteiger partial charge in [0.15, 0.2) is 0 Å². The number of nitrogens with one attached hydrogen (secondary N) is 1. The number of carbonyl (C=O) groups excluding carboxylic acids is 1. The van der Waals surface area contributed by atoms with Gasteiger partial charge in [0.25, 0.3) is 0 Å². The average Bonchev–Trinajstić information content (AvgIpc) is 2.30. The summed E-state index contributed by atoms with van der Waals surface area (Å²) < 4.78 is 4.93. The van der Waals surface area contributed by atoms with Crippen LogP contribution in [0.3, 0.4) is 0 Å². The highest BCUT2D eigenvalue weighted by Crippen LogP contribution is 2.00. The Morgan fingerprint density at radius 3 is 2.65 bits per heavy atom. The largest absolute Gasteiger partial charge is 0.481 e. The molecule has 0 bridgehead atoms. The topological polar surface area (TPSA) is 102 Å². The summed E-state index contributed by atoms with van der Waals surface area (Å²) in [7, 11) is 1.41. The molecule has 1 amide bonds. The van der Waals surface area contributed by atoms with Gasteiger partial charge in [-0.2, -0.15) is 11.8 Å². The van der Waals surface area contributed by atoms with Gasteiger partial charge in [-0.25, -0.2) is 0 Å². The van der Waals surface area contributed by atoms with E-state index in [1.54, 1.807) is 11.8 Å². The number of methoxy groups -OCH3 is 1. The van der Waals surface area contributed by atoms with Gasteiger partial charge in [-0.05, 0) is 18.4 Å². The van der Waals surface area contributed by atoms with Crippen LogP contribution in [0.15, 0.2) is 0 Å². The number of amides is 1. The van der Waals surface area contributed by atoms with Gasteiger partial charge in [0, 0.05) is 13.7 Å². The van der Waals surface area contributed by atoms with Gasteiger partial charge in [-0.15, -0.1) is 0 Å². The first-order valence-electron chi connectivity index (χ1n) is 5.28. The van der Waals surface area contributed by atoms with Crippen LogP contribution in [-0.2, 0) is 14.3 Å². The van der Waals surface area contributed by atoms with Crippen molar-refractivity contribution < 1.29 is 19.4 Å². The van der Waals surface area contributed by atoms with Crippen molar-refractivity contribution in [2.45, 2.75) is 25.0 Å². The highest BCUT2D eigenvalue weighted by atomic mass is 32.2. The van der Waals surface area contributed by atoms with E-state index in [0.29, 0.717) is 6.42 Å². The van der Waals surface area contributed by atoms with Gasteiger partial charge in [-0.1, -0.05) is 0 Å². The quantitative estimate of drug-likeness (QED) is 0.527. The third kappa shape index (κ3) is 8.00. The van der Waals surface area contributed by atoms with E-state index < -0.39 is 18.1 Å². The second-order valence-electron chi connectivity index (χ2n) is 3.59. The van der Waals surface area contributed by atoms with Crippen LogP contribution in [-0.4, -0.2) is 54.8 Å². The lowest BCUT2D eigenvalue weighted by Gasteiger charge is -2.16. The summed E-state index contributed by atoms with van der Waals surface area (Å²) in [6.45, 7) is 0.161. The molecule has 0 rings (SSSR count). The zero-order chi connectivity index (χ0) is 13.3. The Morgan fingerprint density at radius 1 is 1.53 bits per heavy atom. The highest BCUT2D eigenvalue weighted by Gasteiger charge is 2.16. The highest BCUT2D eigenvalue weighted by molar-refractivity contribution is 7.98. The van der Waals surface area contributed by atoms with E-state index in [-0.39, 0.29) is 18.9 Å². The SMILES string of the molecule is COC(CNC(=O)[C@H](N)CCSC)CC(=O)O. The van der Waals surface area contributed by atoms with E-state index in [9.17, 15) is 9.59 Å². The van der Waals surface area contributed by atoms with Crippen LogP contribution in [0.5, 0.6) is 0 Å². The Labute approximate surface area is 105 Å². The van der Waals surface area contributed by atoms with Crippen LogP contribution in [0.25, 0.3) is 0 Å². The zero-order valence-corrected chi connectivity index (χ0v) is 11.0. The summed E-state index contributed by atoms with van der Waals surface area (Å²) in [5.74, 6) is -0.415. The molecule has 0 spiro atoms. The van der Waals surface area contributed by atoms with Gasteiger partial charge < -0.3 is 20.9 Å². The number of hydrogen-bond donors (Lipinski definition) is 3. The van der Waals surface area contributed by atoms with Crippen molar-refractivity contribution in [1.82, 2.24) is 5.32 Å². The van der Waals surface area contributed by atoms with Crippen LogP contribution in [0.1, 0.15) is 12.8 Å². The maximum Gasteiger partial charge on any atom is 0.306 e. The van der Waals surface area contributed by atoms with Crippen LogP contribution < -0.4 is 11.1 Å². The molecule has 0 aromatic carbocycles. The van der Waals surface area contributed by atoms with Gasteiger partial charge in [0.05, 0.1) is 18.6 Å². The summed E-state index contributed by atoms with van der Waals surface area (Å²) in [4.78, 5) is 22.0. The second kappa shape index (κ2) is 9.26. The lowest BCUT2D eigenvalue weighted by atomic mass is 10.2. The molecular formula is C10H20N2O4S. The fourth-order valence-electron chi connectivity index (χ4n) is 1.16. The predicted octanol–water partition coefficient (Wildman–Crippen LogP) is -0.327. The molecule has 6 nitrogen and oxygen atoms in total. The number of carbonyl (C=O) groups is 2. The summed E-state index contributed by atoms with van der Waals surface area (Å²) in [5.41, 5.74) is 5.65. The van der Waals surface area contributed by atoms with E-state index in [1.165, 1.54) is 7.11 Å². The van der Waals surface area contributed by atoms with Crippen molar-refractivity contribution in [2.24, 2.45) is 5.73 Å². The first kappa shape index (κ1) is 16.2. The first-order chi connectivity index (χ1) is 8.01. The smallest absolute Gasteiger partial charge is 0.306 e. The Balaban J connectivity index is 3.90. The van der Waals surface area contributed by atoms with Crippen molar-refractivity contribution in [3.05, 3.63) is 0 Å². The predicted molar refractivity (Wildman–Crippen MR) is 67.0 cm³/mol. The number of ether oxygens (including phenoxy) is 1. The molecule has 0 heterocycles. The van der Waals surface area contributed by atoms with Crippen LogP contribution in [0.4, 0.5) is 0 Å². The van der Waals surface area contributed by atoms with E-state index in [4.69, 9.17) is 15.6 Å². The van der Waals surface area contributed by atoms with E-state index in [2.05, 4.69) is 5.32 Å². The fourth-order valence-corrected chi connectivity index (χ4v) is 1.64. The van der Waals surface area contributed by atoms with Crippen LogP contribution >= 0.6 is 11.8 Å². The Bertz CT molecular complexity index is 250. The fraction of sp³-hybridized carbons (Fsp3) is 0.800. The van der Waals surface area contributed by atoms with Crippen molar-refractivity contribution in [3.8, 4) is 0 Å². The number of carboxylic acids is 1. The third-order valence-electron chi connectivity index (χ3n) is 2.21. The van der Waals surface area contributed by atoms with Crippen molar-refractivity contribution >= 4 is 23.6 Å². The van der Waals surface area contributed by atoms with Gasteiger partial charge in [-0.3, -0.25) is 9.59 Å². The van der Waals surface area contributed by atoms with Crippen molar-refractivity contribution in [2.75, 3.05) is 25.7 Å². The Morgan fingerprint density at radius 2 is 2.18 bits per heavy atom. The molecular weight excluding hydrogens is 244 g/mol. The Kier molecular flexibility index (Phi) is 8.83. The number of carboxylic acid groups (broad SMARTS) is 1.